The van der Waals surface area contributed by atoms with Gasteiger partial charge in [-0.2, -0.15) is 0 Å². The zero-order valence-corrected chi connectivity index (χ0v) is 16.8. The molecule has 2 aromatic rings. The molecular weight excluding hydrogens is 396 g/mol. The lowest BCUT2D eigenvalue weighted by Crippen LogP contribution is -2.26. The molecule has 0 fully saturated rings. The number of halogens is 1. The highest BCUT2D eigenvalue weighted by atomic mass is 35.5. The second-order valence-electron chi connectivity index (χ2n) is 6.50. The molecule has 1 atom stereocenters. The predicted octanol–water partition coefficient (Wildman–Crippen LogP) is 5.17. The molecule has 1 N–H and O–H groups in total. The van der Waals surface area contributed by atoms with E-state index >= 15 is 0 Å². The van der Waals surface area contributed by atoms with Crippen LogP contribution in [0.15, 0.2) is 69.6 Å². The Morgan fingerprint density at radius 2 is 2.04 bits per heavy atom. The van der Waals surface area contributed by atoms with Crippen molar-refractivity contribution in [2.24, 2.45) is 9.98 Å². The Balaban J connectivity index is 1.24. The Morgan fingerprint density at radius 1 is 1.19 bits per heavy atom. The van der Waals surface area contributed by atoms with Crippen LogP contribution in [0, 0.1) is 0 Å². The Labute approximate surface area is 171 Å². The molecular formula is C20H17ClN4S2. The van der Waals surface area contributed by atoms with E-state index in [9.17, 15) is 0 Å². The highest BCUT2D eigenvalue weighted by Crippen LogP contribution is 2.38. The van der Waals surface area contributed by atoms with Crippen LogP contribution in [0.3, 0.4) is 0 Å². The Kier molecular flexibility index (Phi) is 4.63. The highest BCUT2D eigenvalue weighted by Gasteiger charge is 2.32. The van der Waals surface area contributed by atoms with E-state index in [0.717, 1.165) is 39.9 Å². The first-order valence-corrected chi connectivity index (χ1v) is 11.0. The van der Waals surface area contributed by atoms with Gasteiger partial charge in [-0.25, -0.2) is 4.99 Å². The van der Waals surface area contributed by atoms with Crippen LogP contribution in [0.5, 0.6) is 0 Å². The smallest absolute Gasteiger partial charge is 0.168 e. The highest BCUT2D eigenvalue weighted by molar-refractivity contribution is 8.17. The van der Waals surface area contributed by atoms with Gasteiger partial charge in [0.15, 0.2) is 10.3 Å². The number of rotatable bonds is 3. The van der Waals surface area contributed by atoms with Gasteiger partial charge in [-0.05, 0) is 34.7 Å². The van der Waals surface area contributed by atoms with Crippen molar-refractivity contribution in [2.75, 3.05) is 12.3 Å². The third-order valence-corrected chi connectivity index (χ3v) is 6.88. The normalized spacial score (nSPS) is 20.4. The van der Waals surface area contributed by atoms with Crippen molar-refractivity contribution in [1.29, 1.82) is 0 Å². The van der Waals surface area contributed by atoms with Gasteiger partial charge < -0.3 is 10.2 Å². The van der Waals surface area contributed by atoms with Gasteiger partial charge in [0.1, 0.15) is 0 Å². The molecule has 2 aromatic carbocycles. The van der Waals surface area contributed by atoms with Crippen LogP contribution in [0.25, 0.3) is 0 Å². The number of benzene rings is 2. The third-order valence-electron chi connectivity index (χ3n) is 4.75. The number of amidine groups is 2. The molecule has 3 aliphatic heterocycles. The first kappa shape index (κ1) is 17.2. The molecule has 0 aromatic heterocycles. The SMILES string of the molecule is Clc1ccc(C2CN3C(CSC4=Nc5ccccc5CN4)=CSC3=N2)cc1. The Hall–Kier alpha value is -1.89. The van der Waals surface area contributed by atoms with Crippen LogP contribution < -0.4 is 5.32 Å². The number of nitrogens with one attached hydrogen (secondary N) is 1. The van der Waals surface area contributed by atoms with E-state index in [4.69, 9.17) is 21.6 Å². The van der Waals surface area contributed by atoms with Crippen molar-refractivity contribution in [1.82, 2.24) is 10.2 Å². The van der Waals surface area contributed by atoms with Gasteiger partial charge in [0.2, 0.25) is 0 Å². The van der Waals surface area contributed by atoms with E-state index in [1.54, 1.807) is 23.5 Å². The molecule has 0 spiro atoms. The zero-order chi connectivity index (χ0) is 18.2. The number of hydrogen-bond donors (Lipinski definition) is 1. The standard InChI is InChI=1S/C20H17ClN4S2/c21-15-7-5-13(6-8-15)18-10-25-16(12-27-20(25)24-18)11-26-19-22-9-14-3-1-2-4-17(14)23-19/h1-8,12,18H,9-11H2,(H,22,23). The van der Waals surface area contributed by atoms with E-state index in [1.165, 1.54) is 16.8 Å². The summed E-state index contributed by atoms with van der Waals surface area (Å²) in [7, 11) is 0. The molecule has 1 unspecified atom stereocenters. The minimum atomic E-state index is 0.176. The minimum absolute atomic E-state index is 0.176. The third kappa shape index (κ3) is 3.49. The van der Waals surface area contributed by atoms with E-state index in [0.29, 0.717) is 0 Å². The van der Waals surface area contributed by atoms with Gasteiger partial charge in [0.25, 0.3) is 0 Å². The molecule has 0 radical (unpaired) electrons. The fraction of sp³-hybridized carbons (Fsp3) is 0.200. The summed E-state index contributed by atoms with van der Waals surface area (Å²) in [6, 6.07) is 16.5. The first-order chi connectivity index (χ1) is 13.3. The van der Waals surface area contributed by atoms with Crippen LogP contribution in [0.2, 0.25) is 5.02 Å². The van der Waals surface area contributed by atoms with Gasteiger partial charge in [-0.15, -0.1) is 0 Å². The van der Waals surface area contributed by atoms with Crippen molar-refractivity contribution < 1.29 is 0 Å². The van der Waals surface area contributed by atoms with Crippen LogP contribution in [-0.2, 0) is 6.54 Å². The molecule has 3 aliphatic rings. The van der Waals surface area contributed by atoms with Crippen molar-refractivity contribution in [3.63, 3.8) is 0 Å². The average Bonchev–Trinajstić information content (AvgIpc) is 3.28. The number of aliphatic imine (C=N–C) groups is 2. The summed E-state index contributed by atoms with van der Waals surface area (Å²) in [4.78, 5) is 11.9. The van der Waals surface area contributed by atoms with Crippen molar-refractivity contribution in [3.8, 4) is 0 Å². The lowest BCUT2D eigenvalue weighted by atomic mass is 10.1. The molecule has 0 saturated heterocycles. The van der Waals surface area contributed by atoms with E-state index in [2.05, 4.69) is 46.0 Å². The number of thioether (sulfide) groups is 2. The van der Waals surface area contributed by atoms with E-state index < -0.39 is 0 Å². The summed E-state index contributed by atoms with van der Waals surface area (Å²) in [6.07, 6.45) is 0. The molecule has 0 saturated carbocycles. The summed E-state index contributed by atoms with van der Waals surface area (Å²) in [5.74, 6) is 0.882. The Morgan fingerprint density at radius 3 is 2.93 bits per heavy atom. The van der Waals surface area contributed by atoms with Gasteiger partial charge in [-0.3, -0.25) is 4.99 Å². The summed E-state index contributed by atoms with van der Waals surface area (Å²) in [5.41, 5.74) is 4.82. The molecule has 3 heterocycles. The second-order valence-corrected chi connectivity index (χ2v) is 8.74. The summed E-state index contributed by atoms with van der Waals surface area (Å²) in [5, 5.41) is 8.47. The number of para-hydroxylation sites is 1. The molecule has 0 amide bonds. The van der Waals surface area contributed by atoms with Gasteiger partial charge in [0.05, 0.1) is 18.3 Å². The second kappa shape index (κ2) is 7.26. The van der Waals surface area contributed by atoms with Gasteiger partial charge >= 0.3 is 0 Å². The molecule has 4 nitrogen and oxygen atoms in total. The van der Waals surface area contributed by atoms with Crippen molar-refractivity contribution in [2.45, 2.75) is 12.6 Å². The lowest BCUT2D eigenvalue weighted by Gasteiger charge is -2.20. The maximum Gasteiger partial charge on any atom is 0.168 e. The summed E-state index contributed by atoms with van der Waals surface area (Å²) >= 11 is 9.47. The van der Waals surface area contributed by atoms with Crippen molar-refractivity contribution in [3.05, 3.63) is 75.8 Å². The first-order valence-electron chi connectivity index (χ1n) is 8.76. The number of fused-ring (bicyclic) bond motifs is 2. The average molecular weight is 413 g/mol. The minimum Gasteiger partial charge on any atom is -0.360 e. The van der Waals surface area contributed by atoms with Gasteiger partial charge in [-0.1, -0.05) is 65.5 Å². The number of hydrogen-bond acceptors (Lipinski definition) is 6. The fourth-order valence-electron chi connectivity index (χ4n) is 3.30. The van der Waals surface area contributed by atoms with Crippen LogP contribution in [0.1, 0.15) is 17.2 Å². The molecule has 7 heteroatoms. The van der Waals surface area contributed by atoms with Crippen LogP contribution >= 0.6 is 35.1 Å². The molecule has 136 valence electrons. The largest absolute Gasteiger partial charge is 0.360 e. The monoisotopic (exact) mass is 412 g/mol. The summed E-state index contributed by atoms with van der Waals surface area (Å²) < 4.78 is 0. The molecule has 5 rings (SSSR count). The Bertz CT molecular complexity index is 968. The van der Waals surface area contributed by atoms with Crippen LogP contribution in [0.4, 0.5) is 5.69 Å². The van der Waals surface area contributed by atoms with Gasteiger partial charge in [0, 0.05) is 23.0 Å². The van der Waals surface area contributed by atoms with E-state index in [1.807, 2.05) is 18.2 Å². The topological polar surface area (TPSA) is 40.0 Å². The summed E-state index contributed by atoms with van der Waals surface area (Å²) in [6.45, 7) is 1.73. The zero-order valence-electron chi connectivity index (χ0n) is 14.4. The quantitative estimate of drug-likeness (QED) is 0.755. The maximum absolute atomic E-state index is 6.00. The number of nitrogens with zero attached hydrogens (tertiary/aromatic N) is 3. The predicted molar refractivity (Wildman–Crippen MR) is 117 cm³/mol. The molecule has 27 heavy (non-hydrogen) atoms. The molecule has 0 bridgehead atoms. The fourth-order valence-corrected chi connectivity index (χ4v) is 5.36. The maximum atomic E-state index is 6.00. The lowest BCUT2D eigenvalue weighted by molar-refractivity contribution is 0.525. The van der Waals surface area contributed by atoms with Crippen LogP contribution in [-0.4, -0.2) is 27.5 Å². The van der Waals surface area contributed by atoms with Crippen molar-refractivity contribution >= 4 is 51.1 Å². The molecule has 0 aliphatic carbocycles. The van der Waals surface area contributed by atoms with E-state index in [-0.39, 0.29) is 6.04 Å².